The van der Waals surface area contributed by atoms with Gasteiger partial charge in [-0.15, -0.1) is 0 Å². The van der Waals surface area contributed by atoms with Gasteiger partial charge in [-0.3, -0.25) is 4.79 Å². The molecule has 0 aromatic carbocycles. The van der Waals surface area contributed by atoms with Crippen molar-refractivity contribution in [2.75, 3.05) is 13.2 Å². The maximum Gasteiger partial charge on any atom is 0.249 e. The molecule has 0 aliphatic carbocycles. The van der Waals surface area contributed by atoms with E-state index in [0.29, 0.717) is 0 Å². The standard InChI is InChI=1S/C32H63NO3/c1-5-7-9-11-13-15-17-19-21-23-25-30(32(36)33(29(3)4)27-31(35)28-34)26-24-22-20-18-16-14-12-10-8-6-2/h25,29,31,34-35H,5-24,26-28H2,1-4H3. The van der Waals surface area contributed by atoms with Crippen LogP contribution in [0.25, 0.3) is 0 Å². The monoisotopic (exact) mass is 509 g/mol. The number of nitrogens with zero attached hydrogens (tertiary/aromatic N) is 1. The van der Waals surface area contributed by atoms with Gasteiger partial charge in [0.25, 0.3) is 0 Å². The van der Waals surface area contributed by atoms with Crippen LogP contribution in [0.15, 0.2) is 11.6 Å². The molecule has 0 aliphatic heterocycles. The number of aliphatic hydroxyl groups is 2. The van der Waals surface area contributed by atoms with E-state index >= 15 is 0 Å². The van der Waals surface area contributed by atoms with E-state index in [0.717, 1.165) is 31.3 Å². The van der Waals surface area contributed by atoms with Crippen LogP contribution in [0.1, 0.15) is 163 Å². The van der Waals surface area contributed by atoms with Crippen molar-refractivity contribution in [3.63, 3.8) is 0 Å². The van der Waals surface area contributed by atoms with Crippen LogP contribution < -0.4 is 0 Å². The van der Waals surface area contributed by atoms with E-state index in [4.69, 9.17) is 0 Å². The van der Waals surface area contributed by atoms with Crippen LogP contribution in [0, 0.1) is 0 Å². The average Bonchev–Trinajstić information content (AvgIpc) is 2.87. The highest BCUT2D eigenvalue weighted by molar-refractivity contribution is 5.93. The van der Waals surface area contributed by atoms with Crippen molar-refractivity contribution >= 4 is 5.91 Å². The molecule has 0 heterocycles. The lowest BCUT2D eigenvalue weighted by molar-refractivity contribution is -0.130. The van der Waals surface area contributed by atoms with Gasteiger partial charge >= 0.3 is 0 Å². The highest BCUT2D eigenvalue weighted by atomic mass is 16.3. The average molecular weight is 510 g/mol. The molecule has 0 bridgehead atoms. The normalized spacial score (nSPS) is 12.9. The summed E-state index contributed by atoms with van der Waals surface area (Å²) in [6.07, 6.45) is 27.8. The van der Waals surface area contributed by atoms with Crippen molar-refractivity contribution in [3.05, 3.63) is 11.6 Å². The Hall–Kier alpha value is -0.870. The molecular weight excluding hydrogens is 446 g/mol. The molecule has 0 fully saturated rings. The number of aliphatic hydroxyl groups excluding tert-OH is 2. The summed E-state index contributed by atoms with van der Waals surface area (Å²) in [6.45, 7) is 8.38. The molecule has 1 amide bonds. The van der Waals surface area contributed by atoms with Gasteiger partial charge in [-0.05, 0) is 39.5 Å². The molecule has 214 valence electrons. The number of hydrogen-bond donors (Lipinski definition) is 2. The van der Waals surface area contributed by atoms with Gasteiger partial charge in [0.15, 0.2) is 0 Å². The summed E-state index contributed by atoms with van der Waals surface area (Å²) in [5.74, 6) is 0.0457. The minimum atomic E-state index is -0.882. The van der Waals surface area contributed by atoms with Gasteiger partial charge < -0.3 is 15.1 Å². The summed E-state index contributed by atoms with van der Waals surface area (Å²) in [5.41, 5.74) is 0.910. The SMILES string of the molecule is CCCCCCCCCCCC=C(CCCCCCCCCCCC)C(=O)N(CC(O)CO)C(C)C. The Morgan fingerprint density at radius 1 is 0.694 bits per heavy atom. The Bertz CT molecular complexity index is 518. The van der Waals surface area contributed by atoms with E-state index in [1.807, 2.05) is 13.8 Å². The fraction of sp³-hybridized carbons (Fsp3) is 0.906. The molecule has 0 aromatic rings. The van der Waals surface area contributed by atoms with Crippen LogP contribution in [0.4, 0.5) is 0 Å². The van der Waals surface area contributed by atoms with Crippen molar-refractivity contribution in [1.82, 2.24) is 4.90 Å². The zero-order valence-corrected chi connectivity index (χ0v) is 24.7. The number of rotatable bonds is 26. The minimum absolute atomic E-state index is 0.00233. The van der Waals surface area contributed by atoms with Crippen LogP contribution in [-0.2, 0) is 4.79 Å². The first-order chi connectivity index (χ1) is 17.5. The Labute approximate surface area is 225 Å². The molecule has 0 saturated heterocycles. The second-order valence-electron chi connectivity index (χ2n) is 11.2. The number of carbonyl (C=O) groups excluding carboxylic acids is 1. The van der Waals surface area contributed by atoms with E-state index in [-0.39, 0.29) is 25.1 Å². The zero-order valence-electron chi connectivity index (χ0n) is 24.7. The molecule has 1 unspecified atom stereocenters. The third kappa shape index (κ3) is 20.2. The number of hydrogen-bond acceptors (Lipinski definition) is 3. The van der Waals surface area contributed by atoms with E-state index in [1.54, 1.807) is 4.90 Å². The third-order valence-corrected chi connectivity index (χ3v) is 7.28. The summed E-state index contributed by atoms with van der Waals surface area (Å²) in [5, 5.41) is 19.3. The van der Waals surface area contributed by atoms with Crippen molar-refractivity contribution in [1.29, 1.82) is 0 Å². The highest BCUT2D eigenvalue weighted by Crippen LogP contribution is 2.19. The minimum Gasteiger partial charge on any atom is -0.394 e. The van der Waals surface area contributed by atoms with Gasteiger partial charge in [0.05, 0.1) is 12.7 Å². The van der Waals surface area contributed by atoms with Crippen LogP contribution >= 0.6 is 0 Å². The number of carbonyl (C=O) groups is 1. The number of unbranched alkanes of at least 4 members (excludes halogenated alkanes) is 18. The highest BCUT2D eigenvalue weighted by Gasteiger charge is 2.23. The first-order valence-electron chi connectivity index (χ1n) is 15.8. The van der Waals surface area contributed by atoms with Crippen molar-refractivity contribution < 1.29 is 15.0 Å². The van der Waals surface area contributed by atoms with E-state index in [1.165, 1.54) is 109 Å². The van der Waals surface area contributed by atoms with Crippen LogP contribution in [0.5, 0.6) is 0 Å². The molecule has 1 atom stereocenters. The first kappa shape index (κ1) is 35.1. The van der Waals surface area contributed by atoms with Gasteiger partial charge in [0.2, 0.25) is 5.91 Å². The molecular formula is C32H63NO3. The maximum absolute atomic E-state index is 13.4. The number of amides is 1. The molecule has 0 saturated carbocycles. The second-order valence-corrected chi connectivity index (χ2v) is 11.2. The van der Waals surface area contributed by atoms with Crippen molar-refractivity contribution in [2.24, 2.45) is 0 Å². The Kier molecular flexibility index (Phi) is 25.1. The summed E-state index contributed by atoms with van der Waals surface area (Å²) in [4.78, 5) is 15.1. The summed E-state index contributed by atoms with van der Waals surface area (Å²) in [7, 11) is 0. The van der Waals surface area contributed by atoms with Gasteiger partial charge in [0.1, 0.15) is 0 Å². The Balaban J connectivity index is 4.57. The molecule has 0 spiro atoms. The topological polar surface area (TPSA) is 60.8 Å². The summed E-state index contributed by atoms with van der Waals surface area (Å²) in [6, 6.07) is 0.00233. The van der Waals surface area contributed by atoms with E-state index < -0.39 is 6.10 Å². The van der Waals surface area contributed by atoms with Gasteiger partial charge in [-0.1, -0.05) is 129 Å². The molecule has 2 N–H and O–H groups in total. The molecule has 4 heteroatoms. The third-order valence-electron chi connectivity index (χ3n) is 7.28. The van der Waals surface area contributed by atoms with Gasteiger partial charge in [0, 0.05) is 18.2 Å². The van der Waals surface area contributed by atoms with E-state index in [2.05, 4.69) is 19.9 Å². The van der Waals surface area contributed by atoms with E-state index in [9.17, 15) is 15.0 Å². The lowest BCUT2D eigenvalue weighted by atomic mass is 10.0. The fourth-order valence-corrected chi connectivity index (χ4v) is 4.83. The molecule has 4 nitrogen and oxygen atoms in total. The molecule has 36 heavy (non-hydrogen) atoms. The fourth-order valence-electron chi connectivity index (χ4n) is 4.83. The summed E-state index contributed by atoms with van der Waals surface area (Å²) >= 11 is 0. The lowest BCUT2D eigenvalue weighted by Crippen LogP contribution is -2.43. The summed E-state index contributed by atoms with van der Waals surface area (Å²) < 4.78 is 0. The van der Waals surface area contributed by atoms with Crippen molar-refractivity contribution in [3.8, 4) is 0 Å². The zero-order chi connectivity index (χ0) is 26.9. The van der Waals surface area contributed by atoms with Crippen LogP contribution in [-0.4, -0.2) is 46.3 Å². The van der Waals surface area contributed by atoms with Gasteiger partial charge in [-0.2, -0.15) is 0 Å². The van der Waals surface area contributed by atoms with Gasteiger partial charge in [-0.25, -0.2) is 0 Å². The predicted molar refractivity (Wildman–Crippen MR) is 156 cm³/mol. The predicted octanol–water partition coefficient (Wildman–Crippen LogP) is 8.73. The molecule has 0 radical (unpaired) electrons. The van der Waals surface area contributed by atoms with Crippen LogP contribution in [0.3, 0.4) is 0 Å². The second kappa shape index (κ2) is 25.8. The van der Waals surface area contributed by atoms with Crippen LogP contribution in [0.2, 0.25) is 0 Å². The lowest BCUT2D eigenvalue weighted by Gasteiger charge is -2.29. The quantitative estimate of drug-likeness (QED) is 0.0905. The largest absolute Gasteiger partial charge is 0.394 e. The number of allylic oxidation sites excluding steroid dienone is 1. The molecule has 0 aliphatic rings. The molecule has 0 aromatic heterocycles. The first-order valence-corrected chi connectivity index (χ1v) is 15.8. The van der Waals surface area contributed by atoms with Crippen molar-refractivity contribution in [2.45, 2.75) is 175 Å². The molecule has 0 rings (SSSR count). The maximum atomic E-state index is 13.4. The Morgan fingerprint density at radius 3 is 1.53 bits per heavy atom. The smallest absolute Gasteiger partial charge is 0.249 e. The Morgan fingerprint density at radius 2 is 1.11 bits per heavy atom.